The van der Waals surface area contributed by atoms with Crippen molar-refractivity contribution in [2.45, 2.75) is 68.6 Å². The Kier molecular flexibility index (Phi) is 8.85. The number of aliphatic hydroxyl groups excluding tert-OH is 7. The van der Waals surface area contributed by atoms with Crippen LogP contribution in [0.5, 0.6) is 0 Å². The van der Waals surface area contributed by atoms with E-state index in [9.17, 15) is 35.7 Å². The Morgan fingerprint density at radius 3 is 2.34 bits per heavy atom. The van der Waals surface area contributed by atoms with Crippen LogP contribution in [0.1, 0.15) is 11.1 Å². The number of aryl methyl sites for hydroxylation is 1. The number of aliphatic hydroxyl groups is 7. The van der Waals surface area contributed by atoms with Crippen LogP contribution in [0.25, 0.3) is 0 Å². The summed E-state index contributed by atoms with van der Waals surface area (Å²) in [6, 6.07) is 1.84. The molecule has 3 rings (SSSR count). The minimum Gasteiger partial charge on any atom is -0.394 e. The Morgan fingerprint density at radius 1 is 0.969 bits per heavy atom. The topological polar surface area (TPSA) is 203 Å². The molecule has 3 heterocycles. The van der Waals surface area contributed by atoms with Crippen LogP contribution in [0.4, 0.5) is 0 Å². The summed E-state index contributed by atoms with van der Waals surface area (Å²) in [4.78, 5) is 9.39. The predicted octanol–water partition coefficient (Wildman–Crippen LogP) is -3.80. The number of nitrogens with zero attached hydrogens (tertiary/aromatic N) is 1. The van der Waals surface area contributed by atoms with Crippen molar-refractivity contribution in [3.05, 3.63) is 35.9 Å². The first-order valence-electron chi connectivity index (χ1n) is 10.0. The standard InChI is InChI=1S/C19H29N2O11/c1-8-2-9(4-20-3-8)7-29-21-18-16(28)17(13(25)11(6-23)30-18)32-19-15(27)14(26)12(24)10(5-22)31-19/h2-4,10-18,21-28H,5-7H2,1H3/t10?,11?,12-,13-,14-,15?,16?,17-,18-/m1/s1. The normalized spacial score (nSPS) is 38.7. The van der Waals surface area contributed by atoms with E-state index in [2.05, 4.69) is 10.5 Å². The molecule has 2 saturated heterocycles. The maximum Gasteiger partial charge on any atom is 0.257 e. The van der Waals surface area contributed by atoms with Crippen LogP contribution < -0.4 is 5.48 Å². The molecular formula is C19H29N2O11. The molecule has 32 heavy (non-hydrogen) atoms. The summed E-state index contributed by atoms with van der Waals surface area (Å²) >= 11 is 0. The van der Waals surface area contributed by atoms with E-state index in [1.54, 1.807) is 12.4 Å². The van der Waals surface area contributed by atoms with Gasteiger partial charge in [0.25, 0.3) is 6.29 Å². The quantitative estimate of drug-likeness (QED) is 0.175. The number of ether oxygens (including phenoxy) is 3. The first-order chi connectivity index (χ1) is 15.3. The molecule has 13 heteroatoms. The lowest BCUT2D eigenvalue weighted by atomic mass is 9.96. The SMILES string of the molecule is Cc1cncc(CON[C@@H]2OC(CO)[C@@H](O)[C@@H](O[C]3OC(CO)[C@@H](O)[C@@H](O)C3O)C2O)c1. The molecule has 2 fully saturated rings. The third-order valence-corrected chi connectivity index (χ3v) is 5.23. The second-order valence-electron chi connectivity index (χ2n) is 7.70. The average molecular weight is 461 g/mol. The largest absolute Gasteiger partial charge is 0.394 e. The molecule has 2 aliphatic rings. The van der Waals surface area contributed by atoms with Gasteiger partial charge in [-0.25, -0.2) is 0 Å². The molecule has 1 aromatic heterocycles. The van der Waals surface area contributed by atoms with Crippen molar-refractivity contribution in [3.63, 3.8) is 0 Å². The number of hydroxylamine groups is 1. The first kappa shape index (κ1) is 25.3. The van der Waals surface area contributed by atoms with Crippen LogP contribution in [0, 0.1) is 13.2 Å². The fourth-order valence-electron chi connectivity index (χ4n) is 3.44. The van der Waals surface area contributed by atoms with Crippen LogP contribution in [0.3, 0.4) is 0 Å². The van der Waals surface area contributed by atoms with Gasteiger partial charge in [-0.1, -0.05) is 6.07 Å². The van der Waals surface area contributed by atoms with Crippen molar-refractivity contribution in [1.29, 1.82) is 0 Å². The number of pyridine rings is 1. The van der Waals surface area contributed by atoms with Gasteiger partial charge in [-0.15, -0.1) is 0 Å². The summed E-state index contributed by atoms with van der Waals surface area (Å²) in [5.41, 5.74) is 4.16. The Labute approximate surface area is 183 Å². The highest BCUT2D eigenvalue weighted by atomic mass is 16.7. The zero-order valence-electron chi connectivity index (χ0n) is 17.3. The lowest BCUT2D eigenvalue weighted by molar-refractivity contribution is -0.306. The van der Waals surface area contributed by atoms with Crippen molar-refractivity contribution in [1.82, 2.24) is 10.5 Å². The van der Waals surface area contributed by atoms with E-state index in [-0.39, 0.29) is 6.61 Å². The summed E-state index contributed by atoms with van der Waals surface area (Å²) < 4.78 is 16.0. The maximum absolute atomic E-state index is 10.7. The lowest BCUT2D eigenvalue weighted by Gasteiger charge is -2.45. The Hall–Kier alpha value is -1.33. The van der Waals surface area contributed by atoms with Crippen LogP contribution in [0.15, 0.2) is 18.5 Å². The molecule has 181 valence electrons. The van der Waals surface area contributed by atoms with Gasteiger partial charge >= 0.3 is 0 Å². The van der Waals surface area contributed by atoms with Crippen LogP contribution in [-0.2, 0) is 25.7 Å². The molecule has 9 atom stereocenters. The van der Waals surface area contributed by atoms with Gasteiger partial charge in [0.15, 0.2) is 6.23 Å². The highest BCUT2D eigenvalue weighted by molar-refractivity contribution is 5.15. The van der Waals surface area contributed by atoms with Crippen LogP contribution in [0.2, 0.25) is 0 Å². The molecule has 4 unspecified atom stereocenters. The zero-order chi connectivity index (χ0) is 23.4. The summed E-state index contributed by atoms with van der Waals surface area (Å²) in [6.45, 7) is 0.610. The van der Waals surface area contributed by atoms with Crippen molar-refractivity contribution in [2.24, 2.45) is 0 Å². The van der Waals surface area contributed by atoms with E-state index in [1.165, 1.54) is 0 Å². The van der Waals surface area contributed by atoms with Gasteiger partial charge in [0.2, 0.25) is 0 Å². The summed E-state index contributed by atoms with van der Waals surface area (Å²) in [6.07, 6.45) is -10.9. The van der Waals surface area contributed by atoms with E-state index >= 15 is 0 Å². The summed E-state index contributed by atoms with van der Waals surface area (Å²) in [7, 11) is 0. The molecule has 0 spiro atoms. The monoisotopic (exact) mass is 461 g/mol. The van der Waals surface area contributed by atoms with Gasteiger partial charge in [0, 0.05) is 12.4 Å². The number of hydrogen-bond donors (Lipinski definition) is 8. The molecule has 0 saturated carbocycles. The van der Waals surface area contributed by atoms with Gasteiger partial charge in [-0.3, -0.25) is 9.82 Å². The minimum absolute atomic E-state index is 0.0700. The van der Waals surface area contributed by atoms with Crippen molar-refractivity contribution in [3.8, 4) is 0 Å². The van der Waals surface area contributed by atoms with E-state index in [4.69, 9.17) is 19.0 Å². The maximum atomic E-state index is 10.7. The number of nitrogens with one attached hydrogen (secondary N) is 1. The van der Waals surface area contributed by atoms with Gasteiger partial charge in [-0.2, -0.15) is 5.48 Å². The molecule has 0 aromatic carbocycles. The predicted molar refractivity (Wildman–Crippen MR) is 103 cm³/mol. The molecule has 8 N–H and O–H groups in total. The molecule has 0 aliphatic carbocycles. The highest BCUT2D eigenvalue weighted by Gasteiger charge is 2.51. The average Bonchev–Trinajstić information content (AvgIpc) is 2.78. The Bertz CT molecular complexity index is 726. The van der Waals surface area contributed by atoms with Crippen LogP contribution in [-0.4, -0.2) is 109 Å². The number of rotatable bonds is 8. The fourth-order valence-corrected chi connectivity index (χ4v) is 3.44. The molecule has 1 aromatic rings. The molecule has 0 bridgehead atoms. The first-order valence-corrected chi connectivity index (χ1v) is 10.0. The second-order valence-corrected chi connectivity index (χ2v) is 7.70. The van der Waals surface area contributed by atoms with Gasteiger partial charge in [0.1, 0.15) is 48.8 Å². The molecule has 2 aliphatic heterocycles. The van der Waals surface area contributed by atoms with Crippen molar-refractivity contribution in [2.75, 3.05) is 13.2 Å². The van der Waals surface area contributed by atoms with Crippen LogP contribution >= 0.6 is 0 Å². The molecule has 0 amide bonds. The summed E-state index contributed by atoms with van der Waals surface area (Å²) in [5, 5.41) is 69.8. The highest BCUT2D eigenvalue weighted by Crippen LogP contribution is 2.32. The summed E-state index contributed by atoms with van der Waals surface area (Å²) in [5.74, 6) is 0. The molecule has 1 radical (unpaired) electrons. The third-order valence-electron chi connectivity index (χ3n) is 5.23. The van der Waals surface area contributed by atoms with Crippen molar-refractivity contribution < 1.29 is 54.8 Å². The fraction of sp³-hybridized carbons (Fsp3) is 0.684. The van der Waals surface area contributed by atoms with Gasteiger partial charge in [-0.05, 0) is 18.1 Å². The minimum atomic E-state index is -1.82. The van der Waals surface area contributed by atoms with E-state index in [0.717, 1.165) is 11.1 Å². The van der Waals surface area contributed by atoms with Gasteiger partial charge < -0.3 is 50.0 Å². The van der Waals surface area contributed by atoms with E-state index in [0.29, 0.717) is 0 Å². The van der Waals surface area contributed by atoms with Gasteiger partial charge in [0.05, 0.1) is 19.8 Å². The third kappa shape index (κ3) is 5.59. The number of aromatic nitrogens is 1. The smallest absolute Gasteiger partial charge is 0.257 e. The molecular weight excluding hydrogens is 432 g/mol. The van der Waals surface area contributed by atoms with E-state index < -0.39 is 74.6 Å². The Balaban J connectivity index is 1.66. The lowest BCUT2D eigenvalue weighted by Crippen LogP contribution is -2.64. The van der Waals surface area contributed by atoms with Crippen molar-refractivity contribution >= 4 is 0 Å². The molecule has 13 nitrogen and oxygen atoms in total. The Morgan fingerprint density at radius 2 is 1.69 bits per heavy atom. The van der Waals surface area contributed by atoms with E-state index in [1.807, 2.05) is 13.0 Å². The zero-order valence-corrected chi connectivity index (χ0v) is 17.3. The second kappa shape index (κ2) is 11.2. The number of hydrogen-bond acceptors (Lipinski definition) is 13.